The van der Waals surface area contributed by atoms with Gasteiger partial charge in [0, 0.05) is 49.4 Å². The second kappa shape index (κ2) is 7.43. The highest BCUT2D eigenvalue weighted by Crippen LogP contribution is 2.32. The molecule has 4 heterocycles. The summed E-state index contributed by atoms with van der Waals surface area (Å²) in [6.45, 7) is 3.88. The topological polar surface area (TPSA) is 79.7 Å². The van der Waals surface area contributed by atoms with E-state index in [0.717, 1.165) is 54.8 Å². The van der Waals surface area contributed by atoms with E-state index in [9.17, 15) is 0 Å². The smallest absolute Gasteiger partial charge is 0.153 e. The molecule has 26 heavy (non-hydrogen) atoms. The molecule has 0 spiro atoms. The van der Waals surface area contributed by atoms with Crippen LogP contribution in [0.1, 0.15) is 30.1 Å². The number of nitrogens with zero attached hydrogens (tertiary/aromatic N) is 6. The zero-order valence-corrected chi connectivity index (χ0v) is 14.7. The van der Waals surface area contributed by atoms with E-state index < -0.39 is 0 Å². The van der Waals surface area contributed by atoms with Gasteiger partial charge in [-0.2, -0.15) is 0 Å². The maximum absolute atomic E-state index is 4.61. The second-order valence-electron chi connectivity index (χ2n) is 6.41. The first-order valence-electron chi connectivity index (χ1n) is 8.82. The van der Waals surface area contributed by atoms with E-state index in [-0.39, 0.29) is 0 Å². The van der Waals surface area contributed by atoms with E-state index in [1.165, 1.54) is 0 Å². The summed E-state index contributed by atoms with van der Waals surface area (Å²) in [7, 11) is 0. The molecule has 0 unspecified atom stereocenters. The molecule has 0 aromatic carbocycles. The van der Waals surface area contributed by atoms with E-state index >= 15 is 0 Å². The molecule has 4 rings (SSSR count). The quantitative estimate of drug-likeness (QED) is 0.777. The molecule has 1 fully saturated rings. The van der Waals surface area contributed by atoms with Crippen LogP contribution in [0, 0.1) is 6.92 Å². The van der Waals surface area contributed by atoms with Crippen molar-refractivity contribution in [2.24, 2.45) is 0 Å². The molecule has 1 saturated heterocycles. The number of aryl methyl sites for hydroxylation is 1. The fraction of sp³-hybridized carbons (Fsp3) is 0.316. The van der Waals surface area contributed by atoms with Crippen molar-refractivity contribution in [3.8, 4) is 0 Å². The lowest BCUT2D eigenvalue weighted by atomic mass is 9.93. The van der Waals surface area contributed by atoms with Crippen molar-refractivity contribution in [1.82, 2.24) is 24.9 Å². The van der Waals surface area contributed by atoms with Gasteiger partial charge in [0.2, 0.25) is 0 Å². The number of nitrogens with one attached hydrogen (secondary N) is 1. The minimum absolute atomic E-state index is 0.370. The molecule has 0 aliphatic carbocycles. The van der Waals surface area contributed by atoms with Gasteiger partial charge in [-0.25, -0.2) is 19.9 Å². The average molecular weight is 347 g/mol. The van der Waals surface area contributed by atoms with E-state index in [4.69, 9.17) is 0 Å². The minimum Gasteiger partial charge on any atom is -0.356 e. The molecule has 7 nitrogen and oxygen atoms in total. The molecule has 3 aromatic rings. The van der Waals surface area contributed by atoms with Crippen LogP contribution in [0.4, 0.5) is 17.5 Å². The van der Waals surface area contributed by atoms with Crippen LogP contribution in [0.15, 0.2) is 49.2 Å². The normalized spacial score (nSPS) is 15.0. The molecule has 0 amide bonds. The third-order valence-electron chi connectivity index (χ3n) is 4.63. The van der Waals surface area contributed by atoms with Crippen molar-refractivity contribution in [3.63, 3.8) is 0 Å². The Morgan fingerprint density at radius 1 is 0.962 bits per heavy atom. The first kappa shape index (κ1) is 16.4. The predicted molar refractivity (Wildman–Crippen MR) is 101 cm³/mol. The van der Waals surface area contributed by atoms with Gasteiger partial charge in [-0.15, -0.1) is 0 Å². The maximum Gasteiger partial charge on any atom is 0.153 e. The van der Waals surface area contributed by atoms with Crippen molar-refractivity contribution in [2.45, 2.75) is 25.7 Å². The van der Waals surface area contributed by atoms with E-state index in [1.54, 1.807) is 24.9 Å². The van der Waals surface area contributed by atoms with Crippen LogP contribution in [0.3, 0.4) is 0 Å². The number of hydrogen-bond acceptors (Lipinski definition) is 7. The number of anilines is 3. The van der Waals surface area contributed by atoms with Crippen LogP contribution in [0.5, 0.6) is 0 Å². The lowest BCUT2D eigenvalue weighted by Crippen LogP contribution is -2.34. The zero-order valence-electron chi connectivity index (χ0n) is 14.7. The van der Waals surface area contributed by atoms with Gasteiger partial charge in [0.25, 0.3) is 0 Å². The highest BCUT2D eigenvalue weighted by molar-refractivity contribution is 5.54. The second-order valence-corrected chi connectivity index (χ2v) is 6.41. The number of aromatic nitrogens is 5. The molecule has 1 aliphatic heterocycles. The Hall–Kier alpha value is -3.09. The molecule has 132 valence electrons. The van der Waals surface area contributed by atoms with Gasteiger partial charge in [-0.3, -0.25) is 4.98 Å². The van der Waals surface area contributed by atoms with Crippen LogP contribution in [0.25, 0.3) is 0 Å². The monoisotopic (exact) mass is 347 g/mol. The Balaban J connectivity index is 1.48. The summed E-state index contributed by atoms with van der Waals surface area (Å²) in [5.41, 5.74) is 2.00. The fourth-order valence-corrected chi connectivity index (χ4v) is 3.30. The Morgan fingerprint density at radius 2 is 1.81 bits per heavy atom. The summed E-state index contributed by atoms with van der Waals surface area (Å²) < 4.78 is 0. The van der Waals surface area contributed by atoms with Gasteiger partial charge < -0.3 is 10.2 Å². The van der Waals surface area contributed by atoms with E-state index in [1.807, 2.05) is 31.2 Å². The highest BCUT2D eigenvalue weighted by Gasteiger charge is 2.25. The van der Waals surface area contributed by atoms with Gasteiger partial charge in [0.1, 0.15) is 18.0 Å². The Kier molecular flexibility index (Phi) is 4.68. The van der Waals surface area contributed by atoms with Crippen LogP contribution < -0.4 is 10.2 Å². The summed E-state index contributed by atoms with van der Waals surface area (Å²) in [5.74, 6) is 2.95. The lowest BCUT2D eigenvalue weighted by molar-refractivity contribution is 0.493. The standard InChI is InChI=1S/C19H21N7/c1-14-12-17(24-13-23-14)26-10-5-15(6-11-26)18-19(22-9-8-21-18)25-16-4-2-3-7-20-16/h2-4,7-9,12-13,15H,5-6,10-11H2,1H3,(H,20,22,25). The van der Waals surface area contributed by atoms with Gasteiger partial charge in [0.15, 0.2) is 5.82 Å². The lowest BCUT2D eigenvalue weighted by Gasteiger charge is -2.33. The molecule has 0 saturated carbocycles. The van der Waals surface area contributed by atoms with Gasteiger partial charge in [0.05, 0.1) is 5.69 Å². The van der Waals surface area contributed by atoms with Gasteiger partial charge in [-0.1, -0.05) is 6.07 Å². The Morgan fingerprint density at radius 3 is 2.58 bits per heavy atom. The first-order valence-corrected chi connectivity index (χ1v) is 8.82. The Bertz CT molecular complexity index is 861. The molecule has 1 aliphatic rings. The first-order chi connectivity index (χ1) is 12.8. The molecule has 1 N–H and O–H groups in total. The van der Waals surface area contributed by atoms with Crippen LogP contribution >= 0.6 is 0 Å². The van der Waals surface area contributed by atoms with Crippen molar-refractivity contribution < 1.29 is 0 Å². The molecule has 3 aromatic heterocycles. The van der Waals surface area contributed by atoms with Crippen LogP contribution in [-0.2, 0) is 0 Å². The third-order valence-corrected chi connectivity index (χ3v) is 4.63. The molecule has 0 atom stereocenters. The number of hydrogen-bond donors (Lipinski definition) is 1. The summed E-state index contributed by atoms with van der Waals surface area (Å²) in [4.78, 5) is 24.3. The predicted octanol–water partition coefficient (Wildman–Crippen LogP) is 3.10. The Labute approximate surface area is 152 Å². The highest BCUT2D eigenvalue weighted by atomic mass is 15.2. The maximum atomic E-state index is 4.61. The summed E-state index contributed by atoms with van der Waals surface area (Å²) in [5, 5.41) is 3.30. The number of rotatable bonds is 4. The average Bonchev–Trinajstić information content (AvgIpc) is 2.69. The molecule has 0 bridgehead atoms. The largest absolute Gasteiger partial charge is 0.356 e. The summed E-state index contributed by atoms with van der Waals surface area (Å²) in [6.07, 6.45) is 8.90. The third kappa shape index (κ3) is 3.61. The molecular weight excluding hydrogens is 326 g/mol. The van der Waals surface area contributed by atoms with Gasteiger partial charge >= 0.3 is 0 Å². The molecule has 0 radical (unpaired) electrons. The van der Waals surface area contributed by atoms with E-state index in [2.05, 4.69) is 35.1 Å². The minimum atomic E-state index is 0.370. The summed E-state index contributed by atoms with van der Waals surface area (Å²) in [6, 6.07) is 7.82. The zero-order chi connectivity index (χ0) is 17.8. The van der Waals surface area contributed by atoms with Gasteiger partial charge in [-0.05, 0) is 31.9 Å². The van der Waals surface area contributed by atoms with Crippen molar-refractivity contribution in [1.29, 1.82) is 0 Å². The summed E-state index contributed by atoms with van der Waals surface area (Å²) >= 11 is 0. The van der Waals surface area contributed by atoms with Crippen LogP contribution in [0.2, 0.25) is 0 Å². The SMILES string of the molecule is Cc1cc(N2CCC(c3nccnc3Nc3ccccn3)CC2)ncn1. The fourth-order valence-electron chi connectivity index (χ4n) is 3.30. The number of pyridine rings is 1. The van der Waals surface area contributed by atoms with Crippen LogP contribution in [-0.4, -0.2) is 38.0 Å². The van der Waals surface area contributed by atoms with E-state index in [0.29, 0.717) is 5.92 Å². The molecular formula is C19H21N7. The van der Waals surface area contributed by atoms with Crippen molar-refractivity contribution in [2.75, 3.05) is 23.3 Å². The molecule has 7 heteroatoms. The number of piperidine rings is 1. The van der Waals surface area contributed by atoms with Crippen molar-refractivity contribution >= 4 is 17.5 Å². The van der Waals surface area contributed by atoms with Crippen molar-refractivity contribution in [3.05, 3.63) is 60.6 Å².